The first-order valence-electron chi connectivity index (χ1n) is 4.90. The van der Waals surface area contributed by atoms with Crippen molar-refractivity contribution in [3.8, 4) is 0 Å². The molecule has 0 rings (SSSR count). The van der Waals surface area contributed by atoms with Crippen molar-refractivity contribution in [3.05, 3.63) is 0 Å². The molecule has 0 aliphatic rings. The number of hydrogen-bond donors (Lipinski definition) is 2. The van der Waals surface area contributed by atoms with Crippen LogP contribution in [0, 0.1) is 11.8 Å². The number of hydrogen-bond acceptors (Lipinski definition) is 2. The Balaban J connectivity index is 0. The fourth-order valence-corrected chi connectivity index (χ4v) is 1.19. The standard InChI is InChI=1S/C10H23NO.ClH/c1-8(2)5-10(7-12)11-6-9(3)4;/h8-12H,5-7H2,1-4H3;1H. The van der Waals surface area contributed by atoms with Gasteiger partial charge in [0.1, 0.15) is 0 Å². The van der Waals surface area contributed by atoms with Crippen molar-refractivity contribution in [1.29, 1.82) is 0 Å². The minimum atomic E-state index is 0. The summed E-state index contributed by atoms with van der Waals surface area (Å²) in [5, 5.41) is 12.4. The normalized spacial score (nSPS) is 13.2. The van der Waals surface area contributed by atoms with Gasteiger partial charge in [0.05, 0.1) is 6.61 Å². The molecular weight excluding hydrogens is 186 g/mol. The average Bonchev–Trinajstić information content (AvgIpc) is 1.97. The zero-order valence-electron chi connectivity index (χ0n) is 9.21. The lowest BCUT2D eigenvalue weighted by Gasteiger charge is -2.19. The number of rotatable bonds is 6. The molecule has 0 spiro atoms. The van der Waals surface area contributed by atoms with E-state index in [1.165, 1.54) is 0 Å². The maximum atomic E-state index is 9.03. The second kappa shape index (κ2) is 8.79. The van der Waals surface area contributed by atoms with Crippen LogP contribution in [0.4, 0.5) is 0 Å². The lowest BCUT2D eigenvalue weighted by atomic mass is 10.0. The van der Waals surface area contributed by atoms with Crippen molar-refractivity contribution in [2.75, 3.05) is 13.2 Å². The molecule has 0 amide bonds. The number of halogens is 1. The summed E-state index contributed by atoms with van der Waals surface area (Å²) in [4.78, 5) is 0. The molecule has 0 aromatic heterocycles. The summed E-state index contributed by atoms with van der Waals surface area (Å²) in [5.41, 5.74) is 0. The van der Waals surface area contributed by atoms with Crippen LogP contribution in [0.3, 0.4) is 0 Å². The van der Waals surface area contributed by atoms with Crippen molar-refractivity contribution in [1.82, 2.24) is 5.32 Å². The summed E-state index contributed by atoms with van der Waals surface area (Å²) in [5.74, 6) is 1.31. The largest absolute Gasteiger partial charge is 0.395 e. The molecule has 0 bridgehead atoms. The second-order valence-corrected chi connectivity index (χ2v) is 4.31. The molecule has 0 saturated carbocycles. The molecule has 0 aliphatic carbocycles. The summed E-state index contributed by atoms with van der Waals surface area (Å²) in [6.45, 7) is 9.97. The van der Waals surface area contributed by atoms with E-state index < -0.39 is 0 Å². The highest BCUT2D eigenvalue weighted by Gasteiger charge is 2.08. The van der Waals surface area contributed by atoms with Crippen molar-refractivity contribution in [3.63, 3.8) is 0 Å². The summed E-state index contributed by atoms with van der Waals surface area (Å²) in [6, 6.07) is 0.285. The number of nitrogens with one attached hydrogen (secondary N) is 1. The van der Waals surface area contributed by atoms with Crippen LogP contribution < -0.4 is 5.32 Å². The molecule has 0 aromatic carbocycles. The van der Waals surface area contributed by atoms with E-state index in [-0.39, 0.29) is 25.1 Å². The molecule has 1 atom stereocenters. The molecule has 13 heavy (non-hydrogen) atoms. The van der Waals surface area contributed by atoms with Crippen LogP contribution in [0.1, 0.15) is 34.1 Å². The SMILES string of the molecule is CC(C)CNC(CO)CC(C)C.Cl. The molecule has 0 radical (unpaired) electrons. The first kappa shape index (κ1) is 15.7. The molecule has 1 unspecified atom stereocenters. The van der Waals surface area contributed by atoms with Crippen LogP contribution in [0.2, 0.25) is 0 Å². The molecule has 82 valence electrons. The fourth-order valence-electron chi connectivity index (χ4n) is 1.19. The third kappa shape index (κ3) is 10.1. The summed E-state index contributed by atoms with van der Waals surface area (Å²) >= 11 is 0. The van der Waals surface area contributed by atoms with E-state index in [2.05, 4.69) is 33.0 Å². The van der Waals surface area contributed by atoms with Gasteiger partial charge in [-0.15, -0.1) is 12.4 Å². The zero-order chi connectivity index (χ0) is 9.56. The summed E-state index contributed by atoms with van der Waals surface area (Å²) in [7, 11) is 0. The Hall–Kier alpha value is 0.210. The molecule has 2 N–H and O–H groups in total. The van der Waals surface area contributed by atoms with Gasteiger partial charge in [-0.05, 0) is 24.8 Å². The first-order valence-corrected chi connectivity index (χ1v) is 4.90. The first-order chi connectivity index (χ1) is 5.56. The molecule has 0 heterocycles. The maximum absolute atomic E-state index is 9.03. The van der Waals surface area contributed by atoms with Gasteiger partial charge in [0.2, 0.25) is 0 Å². The van der Waals surface area contributed by atoms with Crippen LogP contribution in [0.25, 0.3) is 0 Å². The zero-order valence-corrected chi connectivity index (χ0v) is 10.0. The Morgan fingerprint density at radius 1 is 1.08 bits per heavy atom. The van der Waals surface area contributed by atoms with Gasteiger partial charge in [0, 0.05) is 6.04 Å². The van der Waals surface area contributed by atoms with Gasteiger partial charge in [-0.3, -0.25) is 0 Å². The topological polar surface area (TPSA) is 32.3 Å². The van der Waals surface area contributed by atoms with Gasteiger partial charge in [-0.1, -0.05) is 27.7 Å². The van der Waals surface area contributed by atoms with Crippen molar-refractivity contribution < 1.29 is 5.11 Å². The second-order valence-electron chi connectivity index (χ2n) is 4.31. The minimum Gasteiger partial charge on any atom is -0.395 e. The molecule has 0 aliphatic heterocycles. The predicted molar refractivity (Wildman–Crippen MR) is 60.4 cm³/mol. The Morgan fingerprint density at radius 3 is 1.92 bits per heavy atom. The Kier molecular flexibility index (Phi) is 10.6. The molecule has 0 aromatic rings. The Labute approximate surface area is 88.5 Å². The van der Waals surface area contributed by atoms with Crippen molar-refractivity contribution >= 4 is 12.4 Å². The van der Waals surface area contributed by atoms with E-state index in [0.717, 1.165) is 13.0 Å². The predicted octanol–water partition coefficient (Wildman–Crippen LogP) is 2.06. The highest BCUT2D eigenvalue weighted by molar-refractivity contribution is 5.85. The highest BCUT2D eigenvalue weighted by Crippen LogP contribution is 2.04. The maximum Gasteiger partial charge on any atom is 0.0584 e. The van der Waals surface area contributed by atoms with E-state index >= 15 is 0 Å². The molecule has 2 nitrogen and oxygen atoms in total. The van der Waals surface area contributed by atoms with Crippen molar-refractivity contribution in [2.24, 2.45) is 11.8 Å². The van der Waals surface area contributed by atoms with Gasteiger partial charge < -0.3 is 10.4 Å². The summed E-state index contributed by atoms with van der Waals surface area (Å²) in [6.07, 6.45) is 1.06. The molecular formula is C10H24ClNO. The van der Waals surface area contributed by atoms with Gasteiger partial charge >= 0.3 is 0 Å². The van der Waals surface area contributed by atoms with Gasteiger partial charge in [-0.25, -0.2) is 0 Å². The molecule has 0 fully saturated rings. The van der Waals surface area contributed by atoms with Gasteiger partial charge in [0.15, 0.2) is 0 Å². The van der Waals surface area contributed by atoms with Gasteiger partial charge in [0.25, 0.3) is 0 Å². The van der Waals surface area contributed by atoms with Gasteiger partial charge in [-0.2, -0.15) is 0 Å². The molecule has 0 saturated heterocycles. The van der Waals surface area contributed by atoms with E-state index in [9.17, 15) is 0 Å². The average molecular weight is 210 g/mol. The monoisotopic (exact) mass is 209 g/mol. The van der Waals surface area contributed by atoms with Crippen LogP contribution in [0.15, 0.2) is 0 Å². The fraction of sp³-hybridized carbons (Fsp3) is 1.00. The van der Waals surface area contributed by atoms with E-state index in [0.29, 0.717) is 11.8 Å². The van der Waals surface area contributed by atoms with Crippen molar-refractivity contribution in [2.45, 2.75) is 40.2 Å². The molecule has 3 heteroatoms. The van der Waals surface area contributed by atoms with Crippen LogP contribution in [-0.4, -0.2) is 24.3 Å². The highest BCUT2D eigenvalue weighted by atomic mass is 35.5. The lowest BCUT2D eigenvalue weighted by molar-refractivity contribution is 0.221. The number of aliphatic hydroxyl groups is 1. The van der Waals surface area contributed by atoms with Crippen LogP contribution in [0.5, 0.6) is 0 Å². The smallest absolute Gasteiger partial charge is 0.0584 e. The summed E-state index contributed by atoms with van der Waals surface area (Å²) < 4.78 is 0. The lowest BCUT2D eigenvalue weighted by Crippen LogP contribution is -2.36. The Morgan fingerprint density at radius 2 is 1.62 bits per heavy atom. The minimum absolute atomic E-state index is 0. The van der Waals surface area contributed by atoms with Crippen LogP contribution in [-0.2, 0) is 0 Å². The third-order valence-electron chi connectivity index (χ3n) is 1.79. The Bertz CT molecular complexity index is 107. The quantitative estimate of drug-likeness (QED) is 0.702. The van der Waals surface area contributed by atoms with E-state index in [1.807, 2.05) is 0 Å². The van der Waals surface area contributed by atoms with E-state index in [1.54, 1.807) is 0 Å². The third-order valence-corrected chi connectivity index (χ3v) is 1.79. The number of aliphatic hydroxyl groups excluding tert-OH is 1. The van der Waals surface area contributed by atoms with E-state index in [4.69, 9.17) is 5.11 Å². The van der Waals surface area contributed by atoms with Crippen LogP contribution >= 0.6 is 12.4 Å².